The smallest absolute Gasteiger partial charge is 0.198 e. The van der Waals surface area contributed by atoms with Gasteiger partial charge >= 0.3 is 0 Å². The van der Waals surface area contributed by atoms with Crippen molar-refractivity contribution in [1.29, 1.82) is 0 Å². The minimum atomic E-state index is -3.44. The first-order chi connectivity index (χ1) is 6.62. The van der Waals surface area contributed by atoms with Crippen molar-refractivity contribution in [3.05, 3.63) is 0 Å². The van der Waals surface area contributed by atoms with Gasteiger partial charge in [0.1, 0.15) is 0 Å². The Hall–Kier alpha value is -0.130. The van der Waals surface area contributed by atoms with Gasteiger partial charge in [-0.2, -0.15) is 18.6 Å². The van der Waals surface area contributed by atoms with E-state index >= 15 is 0 Å². The van der Waals surface area contributed by atoms with Crippen molar-refractivity contribution in [3.63, 3.8) is 0 Å². The molecule has 0 saturated carbocycles. The standard InChI is InChI=1S/C9H21NO3S/c1-2-3-4-5-6-7-8-9-14(11,12)13-10/h2-10H2,1H3. The third-order valence-electron chi connectivity index (χ3n) is 2.14. The molecule has 0 rings (SSSR count). The third kappa shape index (κ3) is 8.47. The Morgan fingerprint density at radius 1 is 1.00 bits per heavy atom. The monoisotopic (exact) mass is 223 g/mol. The Bertz CT molecular complexity index is 214. The maximum atomic E-state index is 10.8. The minimum absolute atomic E-state index is 0.0390. The largest absolute Gasteiger partial charge is 0.283 e. The molecule has 14 heavy (non-hydrogen) atoms. The summed E-state index contributed by atoms with van der Waals surface area (Å²) in [6, 6.07) is 0. The molecule has 0 aromatic rings. The Kier molecular flexibility index (Phi) is 8.12. The van der Waals surface area contributed by atoms with Crippen molar-refractivity contribution < 1.29 is 12.7 Å². The third-order valence-corrected chi connectivity index (χ3v) is 3.23. The van der Waals surface area contributed by atoms with Crippen molar-refractivity contribution in [2.75, 3.05) is 5.75 Å². The van der Waals surface area contributed by atoms with Crippen LogP contribution < -0.4 is 5.90 Å². The predicted molar refractivity (Wildman–Crippen MR) is 57.1 cm³/mol. The van der Waals surface area contributed by atoms with E-state index in [1.54, 1.807) is 0 Å². The van der Waals surface area contributed by atoms with Crippen LogP contribution in [0.1, 0.15) is 51.9 Å². The van der Waals surface area contributed by atoms with Gasteiger partial charge in [0, 0.05) is 0 Å². The molecule has 0 aliphatic carbocycles. The molecule has 5 heteroatoms. The quantitative estimate of drug-likeness (QED) is 0.479. The van der Waals surface area contributed by atoms with E-state index in [0.29, 0.717) is 6.42 Å². The molecular formula is C9H21NO3S. The van der Waals surface area contributed by atoms with E-state index in [2.05, 4.69) is 17.1 Å². The lowest BCUT2D eigenvalue weighted by Gasteiger charge is -2.01. The second kappa shape index (κ2) is 8.20. The fourth-order valence-electron chi connectivity index (χ4n) is 1.28. The van der Waals surface area contributed by atoms with Crippen molar-refractivity contribution in [1.82, 2.24) is 0 Å². The summed E-state index contributed by atoms with van der Waals surface area (Å²) in [5.74, 6) is 4.64. The van der Waals surface area contributed by atoms with E-state index in [1.165, 1.54) is 25.7 Å². The maximum absolute atomic E-state index is 10.8. The van der Waals surface area contributed by atoms with E-state index in [1.807, 2.05) is 0 Å². The Labute approximate surface area is 86.9 Å². The Morgan fingerprint density at radius 2 is 1.50 bits per heavy atom. The molecule has 0 aromatic carbocycles. The molecule has 4 nitrogen and oxygen atoms in total. The molecule has 0 heterocycles. The van der Waals surface area contributed by atoms with Crippen LogP contribution in [-0.4, -0.2) is 14.2 Å². The van der Waals surface area contributed by atoms with Gasteiger partial charge in [-0.15, -0.1) is 0 Å². The highest BCUT2D eigenvalue weighted by Crippen LogP contribution is 2.07. The van der Waals surface area contributed by atoms with Gasteiger partial charge in [-0.25, -0.2) is 0 Å². The predicted octanol–water partition coefficient (Wildman–Crippen LogP) is 1.96. The zero-order valence-electron chi connectivity index (χ0n) is 8.87. The molecule has 0 fully saturated rings. The van der Waals surface area contributed by atoms with Gasteiger partial charge < -0.3 is 0 Å². The fourth-order valence-corrected chi connectivity index (χ4v) is 1.94. The molecule has 0 radical (unpaired) electrons. The van der Waals surface area contributed by atoms with Gasteiger partial charge in [-0.3, -0.25) is 0 Å². The molecule has 0 aliphatic heterocycles. The molecular weight excluding hydrogens is 202 g/mol. The highest BCUT2D eigenvalue weighted by molar-refractivity contribution is 7.86. The van der Waals surface area contributed by atoms with E-state index < -0.39 is 10.1 Å². The summed E-state index contributed by atoms with van der Waals surface area (Å²) in [6.45, 7) is 2.17. The molecule has 0 bridgehead atoms. The first kappa shape index (κ1) is 13.9. The van der Waals surface area contributed by atoms with E-state index in [-0.39, 0.29) is 5.75 Å². The van der Waals surface area contributed by atoms with Crippen LogP contribution in [0.5, 0.6) is 0 Å². The lowest BCUT2D eigenvalue weighted by atomic mass is 10.1. The van der Waals surface area contributed by atoms with E-state index in [4.69, 9.17) is 0 Å². The normalized spacial score (nSPS) is 11.9. The number of hydrogen-bond donors (Lipinski definition) is 1. The summed E-state index contributed by atoms with van der Waals surface area (Å²) < 4.78 is 25.4. The average Bonchev–Trinajstić information content (AvgIpc) is 2.16. The van der Waals surface area contributed by atoms with Crippen molar-refractivity contribution in [2.24, 2.45) is 5.90 Å². The first-order valence-corrected chi connectivity index (χ1v) is 6.81. The van der Waals surface area contributed by atoms with Crippen molar-refractivity contribution >= 4 is 10.1 Å². The zero-order valence-corrected chi connectivity index (χ0v) is 9.68. The van der Waals surface area contributed by atoms with E-state index in [9.17, 15) is 8.42 Å². The number of unbranched alkanes of at least 4 members (excludes halogenated alkanes) is 6. The molecule has 0 saturated heterocycles. The molecule has 0 unspecified atom stereocenters. The molecule has 0 spiro atoms. The van der Waals surface area contributed by atoms with Crippen molar-refractivity contribution in [3.8, 4) is 0 Å². The highest BCUT2D eigenvalue weighted by Gasteiger charge is 2.07. The molecule has 86 valence electrons. The molecule has 0 aromatic heterocycles. The van der Waals surface area contributed by atoms with E-state index in [0.717, 1.165) is 12.8 Å². The van der Waals surface area contributed by atoms with Crippen LogP contribution in [0.25, 0.3) is 0 Å². The zero-order chi connectivity index (χ0) is 10.9. The lowest BCUT2D eigenvalue weighted by Crippen LogP contribution is -2.14. The summed E-state index contributed by atoms with van der Waals surface area (Å²) in [7, 11) is -3.44. The van der Waals surface area contributed by atoms with Crippen LogP contribution in [0.3, 0.4) is 0 Å². The summed E-state index contributed by atoms with van der Waals surface area (Å²) in [5, 5.41) is 0. The highest BCUT2D eigenvalue weighted by atomic mass is 32.2. The number of rotatable bonds is 9. The second-order valence-electron chi connectivity index (χ2n) is 3.48. The minimum Gasteiger partial charge on any atom is -0.198 e. The summed E-state index contributed by atoms with van der Waals surface area (Å²) >= 11 is 0. The van der Waals surface area contributed by atoms with Crippen LogP contribution >= 0.6 is 0 Å². The lowest BCUT2D eigenvalue weighted by molar-refractivity contribution is 0.332. The number of nitrogens with two attached hydrogens (primary N) is 1. The summed E-state index contributed by atoms with van der Waals surface area (Å²) in [5.41, 5.74) is 0. The molecule has 2 N–H and O–H groups in total. The maximum Gasteiger partial charge on any atom is 0.283 e. The average molecular weight is 223 g/mol. The van der Waals surface area contributed by atoms with Gasteiger partial charge in [0.25, 0.3) is 10.1 Å². The number of hydrogen-bond acceptors (Lipinski definition) is 4. The second-order valence-corrected chi connectivity index (χ2v) is 5.20. The summed E-state index contributed by atoms with van der Waals surface area (Å²) in [6.07, 6.45) is 7.62. The molecule has 0 atom stereocenters. The van der Waals surface area contributed by atoms with Gasteiger partial charge in [-0.1, -0.05) is 45.4 Å². The summed E-state index contributed by atoms with van der Waals surface area (Å²) in [4.78, 5) is 0. The molecule has 0 aliphatic rings. The van der Waals surface area contributed by atoms with Crippen LogP contribution in [-0.2, 0) is 14.4 Å². The fraction of sp³-hybridized carbons (Fsp3) is 1.00. The topological polar surface area (TPSA) is 69.4 Å². The first-order valence-electron chi connectivity index (χ1n) is 5.23. The van der Waals surface area contributed by atoms with Crippen LogP contribution in [0.15, 0.2) is 0 Å². The SMILES string of the molecule is CCCCCCCCCS(=O)(=O)ON. The van der Waals surface area contributed by atoms with Crippen LogP contribution in [0.4, 0.5) is 0 Å². The van der Waals surface area contributed by atoms with Crippen LogP contribution in [0, 0.1) is 0 Å². The van der Waals surface area contributed by atoms with Gasteiger partial charge in [0.15, 0.2) is 0 Å². The Morgan fingerprint density at radius 3 is 2.00 bits per heavy atom. The van der Waals surface area contributed by atoms with Crippen LogP contribution in [0.2, 0.25) is 0 Å². The van der Waals surface area contributed by atoms with Gasteiger partial charge in [0.2, 0.25) is 0 Å². The Balaban J connectivity index is 3.22. The molecule has 0 amide bonds. The van der Waals surface area contributed by atoms with Gasteiger partial charge in [-0.05, 0) is 6.42 Å². The van der Waals surface area contributed by atoms with Gasteiger partial charge in [0.05, 0.1) is 5.75 Å². The van der Waals surface area contributed by atoms with Crippen molar-refractivity contribution in [2.45, 2.75) is 51.9 Å².